The van der Waals surface area contributed by atoms with Gasteiger partial charge in [0.25, 0.3) is 0 Å². The van der Waals surface area contributed by atoms with E-state index in [1.807, 2.05) is 0 Å². The van der Waals surface area contributed by atoms with E-state index < -0.39 is 41.7 Å². The van der Waals surface area contributed by atoms with Crippen molar-refractivity contribution < 1.29 is 28.6 Å². The van der Waals surface area contributed by atoms with Gasteiger partial charge in [0.15, 0.2) is 11.6 Å². The van der Waals surface area contributed by atoms with Crippen LogP contribution in [-0.2, 0) is 16.0 Å². The molecular weight excluding hydrogens is 248 g/mol. The fourth-order valence-electron chi connectivity index (χ4n) is 1.40. The fourth-order valence-corrected chi connectivity index (χ4v) is 1.40. The van der Waals surface area contributed by atoms with E-state index in [2.05, 4.69) is 5.32 Å². The molecule has 3 N–H and O–H groups in total. The van der Waals surface area contributed by atoms with Crippen LogP contribution in [0.5, 0.6) is 5.75 Å². The Hall–Kier alpha value is -2.18. The van der Waals surface area contributed by atoms with Gasteiger partial charge in [0.05, 0.1) is 0 Å². The number of hydrogen-bond acceptors (Lipinski definition) is 3. The zero-order valence-electron chi connectivity index (χ0n) is 9.41. The van der Waals surface area contributed by atoms with Gasteiger partial charge >= 0.3 is 5.97 Å². The zero-order chi connectivity index (χ0) is 13.9. The third-order valence-corrected chi connectivity index (χ3v) is 2.24. The van der Waals surface area contributed by atoms with Gasteiger partial charge in [-0.25, -0.2) is 9.18 Å². The minimum absolute atomic E-state index is 0.244. The van der Waals surface area contributed by atoms with E-state index in [1.165, 1.54) is 0 Å². The predicted molar refractivity (Wildman–Crippen MR) is 57.0 cm³/mol. The fraction of sp³-hybridized carbons (Fsp3) is 0.273. The summed E-state index contributed by atoms with van der Waals surface area (Å²) in [5.74, 6) is -5.59. The van der Waals surface area contributed by atoms with E-state index in [9.17, 15) is 18.4 Å². The highest BCUT2D eigenvalue weighted by Crippen LogP contribution is 2.22. The lowest BCUT2D eigenvalue weighted by Gasteiger charge is -2.14. The van der Waals surface area contributed by atoms with Gasteiger partial charge in [-0.1, -0.05) is 6.07 Å². The quantitative estimate of drug-likeness (QED) is 0.746. The van der Waals surface area contributed by atoms with Crippen LogP contribution in [-0.4, -0.2) is 28.1 Å². The molecule has 0 unspecified atom stereocenters. The van der Waals surface area contributed by atoms with Crippen LogP contribution in [0.4, 0.5) is 8.78 Å². The van der Waals surface area contributed by atoms with Crippen molar-refractivity contribution in [2.45, 2.75) is 19.4 Å². The maximum absolute atomic E-state index is 13.4. The number of carbonyl (C=O) groups excluding carboxylic acids is 1. The lowest BCUT2D eigenvalue weighted by Crippen LogP contribution is -2.41. The summed E-state index contributed by atoms with van der Waals surface area (Å²) in [5, 5.41) is 19.8. The summed E-state index contributed by atoms with van der Waals surface area (Å²) >= 11 is 0. The summed E-state index contributed by atoms with van der Waals surface area (Å²) in [5.41, 5.74) is -0.244. The average Bonchev–Trinajstić information content (AvgIpc) is 2.28. The summed E-state index contributed by atoms with van der Waals surface area (Å²) in [6.45, 7) is 1.11. The van der Waals surface area contributed by atoms with Gasteiger partial charge < -0.3 is 15.5 Å². The molecule has 18 heavy (non-hydrogen) atoms. The minimum atomic E-state index is -1.44. The maximum atomic E-state index is 13.4. The Morgan fingerprint density at radius 3 is 2.44 bits per heavy atom. The minimum Gasteiger partial charge on any atom is -0.505 e. The smallest absolute Gasteiger partial charge is 0.326 e. The summed E-state index contributed by atoms with van der Waals surface area (Å²) in [7, 11) is 0. The Kier molecular flexibility index (Phi) is 4.19. The SMILES string of the molecule is CC(=O)N[C@@H](Cc1ccc(O)c(F)c1F)C(=O)O. The highest BCUT2D eigenvalue weighted by Gasteiger charge is 2.22. The number of phenols is 1. The molecule has 98 valence electrons. The first-order valence-corrected chi connectivity index (χ1v) is 4.98. The number of phenolic OH excluding ortho intramolecular Hbond substituents is 1. The van der Waals surface area contributed by atoms with Gasteiger partial charge in [-0.2, -0.15) is 4.39 Å². The third kappa shape index (κ3) is 3.16. The second-order valence-electron chi connectivity index (χ2n) is 3.67. The van der Waals surface area contributed by atoms with E-state index in [0.717, 1.165) is 19.1 Å². The first kappa shape index (κ1) is 13.9. The van der Waals surface area contributed by atoms with E-state index in [4.69, 9.17) is 10.2 Å². The van der Waals surface area contributed by atoms with Crippen molar-refractivity contribution in [2.75, 3.05) is 0 Å². The van der Waals surface area contributed by atoms with Crippen LogP contribution in [0.1, 0.15) is 12.5 Å². The van der Waals surface area contributed by atoms with E-state index in [0.29, 0.717) is 0 Å². The molecule has 0 fully saturated rings. The van der Waals surface area contributed by atoms with Crippen molar-refractivity contribution in [2.24, 2.45) is 0 Å². The van der Waals surface area contributed by atoms with Crippen LogP contribution in [0.15, 0.2) is 12.1 Å². The zero-order valence-corrected chi connectivity index (χ0v) is 9.41. The monoisotopic (exact) mass is 259 g/mol. The first-order chi connectivity index (χ1) is 8.32. The second kappa shape index (κ2) is 5.44. The molecule has 0 saturated heterocycles. The first-order valence-electron chi connectivity index (χ1n) is 4.98. The summed E-state index contributed by atoms with van der Waals surface area (Å²) in [6, 6.07) is 0.618. The van der Waals surface area contributed by atoms with Crippen LogP contribution < -0.4 is 5.32 Å². The van der Waals surface area contributed by atoms with Crippen LogP contribution in [0.3, 0.4) is 0 Å². The molecule has 1 amide bonds. The molecular formula is C11H11F2NO4. The van der Waals surface area contributed by atoms with Gasteiger partial charge in [0, 0.05) is 13.3 Å². The topological polar surface area (TPSA) is 86.6 Å². The number of hydrogen-bond donors (Lipinski definition) is 3. The number of carboxylic acids is 1. The molecule has 1 aromatic rings. The van der Waals surface area contributed by atoms with E-state index >= 15 is 0 Å². The van der Waals surface area contributed by atoms with Crippen molar-refractivity contribution >= 4 is 11.9 Å². The Bertz CT molecular complexity index is 490. The van der Waals surface area contributed by atoms with Crippen molar-refractivity contribution in [1.29, 1.82) is 0 Å². The van der Waals surface area contributed by atoms with Gasteiger partial charge in [0.2, 0.25) is 11.7 Å². The molecule has 0 bridgehead atoms. The highest BCUT2D eigenvalue weighted by molar-refractivity contribution is 5.82. The Labute approximate surface area is 101 Å². The molecule has 1 atom stereocenters. The number of benzene rings is 1. The summed E-state index contributed by atoms with van der Waals surface area (Å²) in [4.78, 5) is 21.6. The molecule has 0 aliphatic rings. The Balaban J connectivity index is 2.98. The molecule has 1 aromatic carbocycles. The van der Waals surface area contributed by atoms with Gasteiger partial charge in [-0.05, 0) is 11.6 Å². The number of aliphatic carboxylic acids is 1. The number of aromatic hydroxyl groups is 1. The Morgan fingerprint density at radius 2 is 1.94 bits per heavy atom. The molecule has 0 aliphatic heterocycles. The number of nitrogens with one attached hydrogen (secondary N) is 1. The molecule has 1 rings (SSSR count). The van der Waals surface area contributed by atoms with E-state index in [1.54, 1.807) is 0 Å². The van der Waals surface area contributed by atoms with Crippen molar-refractivity contribution in [3.63, 3.8) is 0 Å². The highest BCUT2D eigenvalue weighted by atomic mass is 19.2. The molecule has 5 nitrogen and oxygen atoms in total. The predicted octanol–water partition coefficient (Wildman–Crippen LogP) is 0.802. The molecule has 0 heterocycles. The van der Waals surface area contributed by atoms with Crippen LogP contribution >= 0.6 is 0 Å². The largest absolute Gasteiger partial charge is 0.505 e. The summed E-state index contributed by atoms with van der Waals surface area (Å²) < 4.78 is 26.4. The molecule has 0 aliphatic carbocycles. The van der Waals surface area contributed by atoms with Crippen LogP contribution in [0.2, 0.25) is 0 Å². The lowest BCUT2D eigenvalue weighted by atomic mass is 10.0. The maximum Gasteiger partial charge on any atom is 0.326 e. The second-order valence-corrected chi connectivity index (χ2v) is 3.67. The standard InChI is InChI=1S/C11H11F2NO4/c1-5(15)14-7(11(17)18)4-6-2-3-8(16)10(13)9(6)12/h2-3,7,16H,4H2,1H3,(H,14,15)(H,17,18)/t7-/m0/s1. The summed E-state index contributed by atoms with van der Waals surface area (Å²) in [6.07, 6.45) is -0.419. The van der Waals surface area contributed by atoms with Crippen molar-refractivity contribution in [3.05, 3.63) is 29.3 Å². The van der Waals surface area contributed by atoms with E-state index in [-0.39, 0.29) is 5.56 Å². The molecule has 0 radical (unpaired) electrons. The van der Waals surface area contributed by atoms with Crippen LogP contribution in [0, 0.1) is 11.6 Å². The molecule has 0 spiro atoms. The number of carboxylic acid groups (broad SMARTS) is 1. The van der Waals surface area contributed by atoms with Crippen molar-refractivity contribution in [1.82, 2.24) is 5.32 Å². The molecule has 0 aromatic heterocycles. The number of carbonyl (C=O) groups is 2. The number of halogens is 2. The van der Waals surface area contributed by atoms with Crippen LogP contribution in [0.25, 0.3) is 0 Å². The van der Waals surface area contributed by atoms with Crippen molar-refractivity contribution in [3.8, 4) is 5.75 Å². The third-order valence-electron chi connectivity index (χ3n) is 2.24. The Morgan fingerprint density at radius 1 is 1.33 bits per heavy atom. The van der Waals surface area contributed by atoms with Gasteiger partial charge in [0.1, 0.15) is 6.04 Å². The molecule has 7 heteroatoms. The average molecular weight is 259 g/mol. The normalized spacial score (nSPS) is 11.9. The number of rotatable bonds is 4. The lowest BCUT2D eigenvalue weighted by molar-refractivity contribution is -0.141. The van der Waals surface area contributed by atoms with Gasteiger partial charge in [-0.3, -0.25) is 4.79 Å². The molecule has 0 saturated carbocycles. The number of amides is 1. The van der Waals surface area contributed by atoms with Gasteiger partial charge in [-0.15, -0.1) is 0 Å².